The third kappa shape index (κ3) is 4.24. The Balaban J connectivity index is 1.73. The minimum atomic E-state index is -0.573. The molecule has 0 saturated carbocycles. The minimum absolute atomic E-state index is 0.0659. The molecule has 0 radical (unpaired) electrons. The van der Waals surface area contributed by atoms with Gasteiger partial charge in [-0.25, -0.2) is 4.79 Å². The lowest BCUT2D eigenvalue weighted by Crippen LogP contribution is -2.41. The number of hydrogen-bond acceptors (Lipinski definition) is 6. The Kier molecular flexibility index (Phi) is 5.37. The SMILES string of the molecule is COC(=O)c1cc(N)cc(C(=O)Nc2ccc(N3CCOCC3=O)cc2)c1. The number of benzene rings is 2. The zero-order chi connectivity index (χ0) is 19.4. The fourth-order valence-electron chi connectivity index (χ4n) is 2.74. The number of amides is 2. The molecule has 0 bridgehead atoms. The zero-order valence-corrected chi connectivity index (χ0v) is 14.7. The molecule has 1 heterocycles. The Morgan fingerprint density at radius 1 is 1.15 bits per heavy atom. The Morgan fingerprint density at radius 2 is 1.85 bits per heavy atom. The van der Waals surface area contributed by atoms with Crippen LogP contribution in [0.3, 0.4) is 0 Å². The highest BCUT2D eigenvalue weighted by Gasteiger charge is 2.20. The van der Waals surface area contributed by atoms with Gasteiger partial charge in [0.25, 0.3) is 11.8 Å². The third-order valence-electron chi connectivity index (χ3n) is 4.06. The summed E-state index contributed by atoms with van der Waals surface area (Å²) in [6.45, 7) is 1.04. The summed E-state index contributed by atoms with van der Waals surface area (Å²) >= 11 is 0. The van der Waals surface area contributed by atoms with Crippen LogP contribution in [0.4, 0.5) is 17.1 Å². The first-order valence-corrected chi connectivity index (χ1v) is 8.26. The van der Waals surface area contributed by atoms with Crippen LogP contribution in [0.5, 0.6) is 0 Å². The molecule has 27 heavy (non-hydrogen) atoms. The van der Waals surface area contributed by atoms with E-state index in [1.807, 2.05) is 0 Å². The van der Waals surface area contributed by atoms with Crippen molar-refractivity contribution in [3.05, 3.63) is 53.6 Å². The van der Waals surface area contributed by atoms with Crippen LogP contribution in [0.15, 0.2) is 42.5 Å². The Hall–Kier alpha value is -3.39. The number of esters is 1. The van der Waals surface area contributed by atoms with Crippen molar-refractivity contribution in [3.63, 3.8) is 0 Å². The van der Waals surface area contributed by atoms with Crippen molar-refractivity contribution in [2.75, 3.05) is 42.8 Å². The molecule has 0 aromatic heterocycles. The molecule has 1 fully saturated rings. The second kappa shape index (κ2) is 7.88. The van der Waals surface area contributed by atoms with E-state index in [4.69, 9.17) is 10.5 Å². The highest BCUT2D eigenvalue weighted by Crippen LogP contribution is 2.21. The molecule has 0 spiro atoms. The average Bonchev–Trinajstić information content (AvgIpc) is 2.68. The molecule has 0 aliphatic carbocycles. The third-order valence-corrected chi connectivity index (χ3v) is 4.06. The van der Waals surface area contributed by atoms with Gasteiger partial charge in [0.05, 0.1) is 19.3 Å². The van der Waals surface area contributed by atoms with Crippen LogP contribution in [-0.4, -0.2) is 44.7 Å². The molecule has 3 rings (SSSR count). The molecule has 3 N–H and O–H groups in total. The first-order chi connectivity index (χ1) is 13.0. The second-order valence-corrected chi connectivity index (χ2v) is 5.93. The van der Waals surface area contributed by atoms with Crippen molar-refractivity contribution in [1.82, 2.24) is 0 Å². The van der Waals surface area contributed by atoms with E-state index in [0.29, 0.717) is 18.8 Å². The molecular formula is C19H19N3O5. The summed E-state index contributed by atoms with van der Waals surface area (Å²) in [6, 6.07) is 11.2. The summed E-state index contributed by atoms with van der Waals surface area (Å²) in [7, 11) is 1.26. The number of carbonyl (C=O) groups is 3. The Morgan fingerprint density at radius 3 is 2.52 bits per heavy atom. The van der Waals surface area contributed by atoms with Crippen LogP contribution >= 0.6 is 0 Å². The lowest BCUT2D eigenvalue weighted by atomic mass is 10.1. The molecule has 2 amide bonds. The van der Waals surface area contributed by atoms with Crippen molar-refractivity contribution < 1.29 is 23.9 Å². The van der Waals surface area contributed by atoms with Gasteiger partial charge in [-0.15, -0.1) is 0 Å². The molecule has 2 aromatic carbocycles. The molecule has 1 saturated heterocycles. The normalized spacial score (nSPS) is 14.0. The van der Waals surface area contributed by atoms with Crippen molar-refractivity contribution in [2.24, 2.45) is 0 Å². The first-order valence-electron chi connectivity index (χ1n) is 8.26. The number of methoxy groups -OCH3 is 1. The topological polar surface area (TPSA) is 111 Å². The van der Waals surface area contributed by atoms with Gasteiger partial charge in [-0.2, -0.15) is 0 Å². The maximum Gasteiger partial charge on any atom is 0.337 e. The predicted octanol–water partition coefficient (Wildman–Crippen LogP) is 1.67. The number of carbonyl (C=O) groups excluding carboxylic acids is 3. The summed E-state index contributed by atoms with van der Waals surface area (Å²) in [5.41, 5.74) is 7.76. The molecule has 1 aliphatic heterocycles. The van der Waals surface area contributed by atoms with E-state index >= 15 is 0 Å². The molecule has 140 valence electrons. The van der Waals surface area contributed by atoms with E-state index in [1.165, 1.54) is 25.3 Å². The molecule has 8 heteroatoms. The monoisotopic (exact) mass is 369 g/mol. The second-order valence-electron chi connectivity index (χ2n) is 5.93. The summed E-state index contributed by atoms with van der Waals surface area (Å²) in [5.74, 6) is -1.09. The van der Waals surface area contributed by atoms with Crippen molar-refractivity contribution >= 4 is 34.8 Å². The van der Waals surface area contributed by atoms with Gasteiger partial charge in [-0.05, 0) is 42.5 Å². The molecule has 8 nitrogen and oxygen atoms in total. The average molecular weight is 369 g/mol. The lowest BCUT2D eigenvalue weighted by molar-refractivity contribution is -0.125. The fourth-order valence-corrected chi connectivity index (χ4v) is 2.74. The van der Waals surface area contributed by atoms with Gasteiger partial charge in [-0.3, -0.25) is 9.59 Å². The highest BCUT2D eigenvalue weighted by atomic mass is 16.5. The number of nitrogens with zero attached hydrogens (tertiary/aromatic N) is 1. The van der Waals surface area contributed by atoms with Crippen LogP contribution in [0.2, 0.25) is 0 Å². The van der Waals surface area contributed by atoms with Crippen molar-refractivity contribution in [2.45, 2.75) is 0 Å². The van der Waals surface area contributed by atoms with Crippen LogP contribution in [0.1, 0.15) is 20.7 Å². The molecule has 0 unspecified atom stereocenters. The largest absolute Gasteiger partial charge is 0.465 e. The fraction of sp³-hybridized carbons (Fsp3) is 0.211. The Labute approximate surface area is 155 Å². The quantitative estimate of drug-likeness (QED) is 0.626. The van der Waals surface area contributed by atoms with Crippen molar-refractivity contribution in [1.29, 1.82) is 0 Å². The van der Waals surface area contributed by atoms with E-state index in [0.717, 1.165) is 5.69 Å². The molecular weight excluding hydrogens is 350 g/mol. The van der Waals surface area contributed by atoms with Crippen molar-refractivity contribution in [3.8, 4) is 0 Å². The molecule has 1 aliphatic rings. The lowest BCUT2D eigenvalue weighted by Gasteiger charge is -2.26. The highest BCUT2D eigenvalue weighted by molar-refractivity contribution is 6.06. The minimum Gasteiger partial charge on any atom is -0.465 e. The van der Waals surface area contributed by atoms with Gasteiger partial charge in [0.15, 0.2) is 0 Å². The number of hydrogen-bond donors (Lipinski definition) is 2. The number of ether oxygens (including phenoxy) is 2. The van der Waals surface area contributed by atoms with Gasteiger partial charge in [0.1, 0.15) is 6.61 Å². The van der Waals surface area contributed by atoms with Crippen LogP contribution in [0, 0.1) is 0 Å². The van der Waals surface area contributed by atoms with E-state index < -0.39 is 11.9 Å². The maximum atomic E-state index is 12.5. The molecule has 2 aromatic rings. The van der Waals surface area contributed by atoms with Crippen LogP contribution < -0.4 is 16.0 Å². The van der Waals surface area contributed by atoms with E-state index in [-0.39, 0.29) is 29.3 Å². The van der Waals surface area contributed by atoms with Gasteiger partial charge >= 0.3 is 5.97 Å². The standard InChI is InChI=1S/C19H19N3O5/c1-26-19(25)13-8-12(9-14(20)10-13)18(24)21-15-2-4-16(5-3-15)22-6-7-27-11-17(22)23/h2-5,8-10H,6-7,11,20H2,1H3,(H,21,24). The summed E-state index contributed by atoms with van der Waals surface area (Å²) in [4.78, 5) is 37.6. The van der Waals surface area contributed by atoms with Gasteiger partial charge in [-0.1, -0.05) is 0 Å². The molecule has 0 atom stereocenters. The number of nitrogens with one attached hydrogen (secondary N) is 1. The van der Waals surface area contributed by atoms with E-state index in [1.54, 1.807) is 29.2 Å². The van der Waals surface area contributed by atoms with Crippen LogP contribution in [-0.2, 0) is 14.3 Å². The van der Waals surface area contributed by atoms with E-state index in [2.05, 4.69) is 10.1 Å². The van der Waals surface area contributed by atoms with Crippen LogP contribution in [0.25, 0.3) is 0 Å². The Bertz CT molecular complexity index is 879. The van der Waals surface area contributed by atoms with Gasteiger partial charge < -0.3 is 25.4 Å². The summed E-state index contributed by atoms with van der Waals surface area (Å²) in [6.07, 6.45) is 0. The van der Waals surface area contributed by atoms with Gasteiger partial charge in [0, 0.05) is 29.2 Å². The summed E-state index contributed by atoms with van der Waals surface area (Å²) in [5, 5.41) is 2.74. The number of anilines is 3. The smallest absolute Gasteiger partial charge is 0.337 e. The number of nitrogen functional groups attached to an aromatic ring is 1. The first kappa shape index (κ1) is 18.4. The maximum absolute atomic E-state index is 12.5. The predicted molar refractivity (Wildman–Crippen MR) is 99.8 cm³/mol. The number of rotatable bonds is 4. The summed E-state index contributed by atoms with van der Waals surface area (Å²) < 4.78 is 9.77. The zero-order valence-electron chi connectivity index (χ0n) is 14.7. The number of morpholine rings is 1. The van der Waals surface area contributed by atoms with E-state index in [9.17, 15) is 14.4 Å². The van der Waals surface area contributed by atoms with Gasteiger partial charge in [0.2, 0.25) is 0 Å². The number of nitrogens with two attached hydrogens (primary N) is 1.